The van der Waals surface area contributed by atoms with Crippen molar-refractivity contribution in [3.05, 3.63) is 45.7 Å². The van der Waals surface area contributed by atoms with Crippen molar-refractivity contribution in [1.82, 2.24) is 4.98 Å². The van der Waals surface area contributed by atoms with Gasteiger partial charge in [-0.2, -0.15) is 0 Å². The van der Waals surface area contributed by atoms with Gasteiger partial charge in [0.25, 0.3) is 0 Å². The van der Waals surface area contributed by atoms with Gasteiger partial charge in [-0.3, -0.25) is 0 Å². The molecule has 2 rings (SSSR count). The lowest BCUT2D eigenvalue weighted by atomic mass is 10.1. The lowest BCUT2D eigenvalue weighted by Gasteiger charge is -2.07. The Kier molecular flexibility index (Phi) is 4.87. The van der Waals surface area contributed by atoms with Crippen LogP contribution in [0.5, 0.6) is 5.75 Å². The summed E-state index contributed by atoms with van der Waals surface area (Å²) in [5.41, 5.74) is 7.16. The molecule has 2 aromatic rings. The molecule has 0 radical (unpaired) electrons. The maximum Gasteiger partial charge on any atom is 0.165 e. The summed E-state index contributed by atoms with van der Waals surface area (Å²) in [6, 6.07) is 4.96. The predicted octanol–water partition coefficient (Wildman–Crippen LogP) is 2.92. The van der Waals surface area contributed by atoms with E-state index in [0.717, 1.165) is 22.7 Å². The predicted molar refractivity (Wildman–Crippen MR) is 75.0 cm³/mol. The zero-order chi connectivity index (χ0) is 13.7. The third kappa shape index (κ3) is 3.75. The standard InChI is InChI=1S/C14H17FN2OS/c1-2-14-17-11(9-19-14)8-18-13-4-3-10(5-6-16)7-12(13)15/h3-4,7,9H,2,5-6,8,16H2,1H3. The lowest BCUT2D eigenvalue weighted by molar-refractivity contribution is 0.286. The van der Waals surface area contributed by atoms with Crippen LogP contribution in [0, 0.1) is 5.82 Å². The summed E-state index contributed by atoms with van der Waals surface area (Å²) in [7, 11) is 0. The minimum absolute atomic E-state index is 0.256. The van der Waals surface area contributed by atoms with Crippen molar-refractivity contribution in [2.45, 2.75) is 26.4 Å². The van der Waals surface area contributed by atoms with E-state index >= 15 is 0 Å². The highest BCUT2D eigenvalue weighted by molar-refractivity contribution is 7.09. The average molecular weight is 280 g/mol. The van der Waals surface area contributed by atoms with Gasteiger partial charge in [-0.1, -0.05) is 13.0 Å². The molecule has 0 saturated carbocycles. The fourth-order valence-electron chi connectivity index (χ4n) is 1.71. The van der Waals surface area contributed by atoms with Crippen LogP contribution in [0.3, 0.4) is 0 Å². The van der Waals surface area contributed by atoms with Crippen molar-refractivity contribution in [2.75, 3.05) is 6.54 Å². The van der Waals surface area contributed by atoms with Crippen molar-refractivity contribution in [3.63, 3.8) is 0 Å². The highest BCUT2D eigenvalue weighted by Gasteiger charge is 2.06. The topological polar surface area (TPSA) is 48.1 Å². The summed E-state index contributed by atoms with van der Waals surface area (Å²) >= 11 is 1.60. The average Bonchev–Trinajstić information content (AvgIpc) is 2.86. The van der Waals surface area contributed by atoms with Crippen LogP contribution in [0.25, 0.3) is 0 Å². The summed E-state index contributed by atoms with van der Waals surface area (Å²) in [6.45, 7) is 2.86. The third-order valence-corrected chi connectivity index (χ3v) is 3.75. The zero-order valence-electron chi connectivity index (χ0n) is 10.9. The van der Waals surface area contributed by atoms with E-state index in [0.29, 0.717) is 19.6 Å². The highest BCUT2D eigenvalue weighted by Crippen LogP contribution is 2.20. The molecular weight excluding hydrogens is 263 g/mol. The van der Waals surface area contributed by atoms with Crippen LogP contribution in [-0.4, -0.2) is 11.5 Å². The van der Waals surface area contributed by atoms with Crippen LogP contribution in [0.15, 0.2) is 23.6 Å². The number of aryl methyl sites for hydroxylation is 1. The smallest absolute Gasteiger partial charge is 0.165 e. The SMILES string of the molecule is CCc1nc(COc2ccc(CCN)cc2F)cs1. The molecule has 1 aromatic heterocycles. The highest BCUT2D eigenvalue weighted by atomic mass is 32.1. The van der Waals surface area contributed by atoms with Gasteiger partial charge in [0.1, 0.15) is 6.61 Å². The normalized spacial score (nSPS) is 10.7. The number of halogens is 1. The summed E-state index contributed by atoms with van der Waals surface area (Å²) in [5.74, 6) is -0.0938. The minimum atomic E-state index is -0.350. The Morgan fingerprint density at radius 2 is 2.26 bits per heavy atom. The Morgan fingerprint density at radius 3 is 2.89 bits per heavy atom. The van der Waals surface area contributed by atoms with Gasteiger partial charge >= 0.3 is 0 Å². The fourth-order valence-corrected chi connectivity index (χ4v) is 2.44. The molecule has 19 heavy (non-hydrogen) atoms. The largest absolute Gasteiger partial charge is 0.484 e. The van der Waals surface area contributed by atoms with Crippen LogP contribution in [0.1, 0.15) is 23.2 Å². The molecule has 0 fully saturated rings. The first-order valence-electron chi connectivity index (χ1n) is 6.27. The molecule has 1 heterocycles. The number of hydrogen-bond acceptors (Lipinski definition) is 4. The molecule has 0 bridgehead atoms. The van der Waals surface area contributed by atoms with Crippen LogP contribution in [0.4, 0.5) is 4.39 Å². The molecule has 0 saturated heterocycles. The lowest BCUT2D eigenvalue weighted by Crippen LogP contribution is -2.04. The first-order valence-corrected chi connectivity index (χ1v) is 7.15. The zero-order valence-corrected chi connectivity index (χ0v) is 11.7. The molecule has 102 valence electrons. The van der Waals surface area contributed by atoms with Crippen LogP contribution < -0.4 is 10.5 Å². The number of nitrogens with two attached hydrogens (primary N) is 1. The van der Waals surface area contributed by atoms with E-state index in [-0.39, 0.29) is 11.6 Å². The Balaban J connectivity index is 1.99. The molecule has 0 unspecified atom stereocenters. The molecule has 2 N–H and O–H groups in total. The van der Waals surface area contributed by atoms with Crippen molar-refractivity contribution >= 4 is 11.3 Å². The maximum absolute atomic E-state index is 13.8. The van der Waals surface area contributed by atoms with E-state index in [1.807, 2.05) is 11.4 Å². The van der Waals surface area contributed by atoms with Gasteiger partial charge < -0.3 is 10.5 Å². The second-order valence-corrected chi connectivity index (χ2v) is 5.12. The molecule has 0 aliphatic carbocycles. The summed E-state index contributed by atoms with van der Waals surface area (Å²) < 4.78 is 19.2. The van der Waals surface area contributed by atoms with Gasteiger partial charge in [0.15, 0.2) is 11.6 Å². The van der Waals surface area contributed by atoms with Crippen molar-refractivity contribution in [1.29, 1.82) is 0 Å². The van der Waals surface area contributed by atoms with E-state index in [9.17, 15) is 4.39 Å². The monoisotopic (exact) mass is 280 g/mol. The first-order chi connectivity index (χ1) is 9.22. The molecule has 0 spiro atoms. The maximum atomic E-state index is 13.8. The quantitative estimate of drug-likeness (QED) is 0.885. The molecule has 0 aliphatic rings. The number of rotatable bonds is 6. The van der Waals surface area contributed by atoms with Gasteiger partial charge in [-0.15, -0.1) is 11.3 Å². The first kappa shape index (κ1) is 14.0. The van der Waals surface area contributed by atoms with E-state index < -0.39 is 0 Å². The molecule has 1 aromatic carbocycles. The molecule has 0 atom stereocenters. The Bertz CT molecular complexity index is 542. The van der Waals surface area contributed by atoms with E-state index in [2.05, 4.69) is 11.9 Å². The van der Waals surface area contributed by atoms with E-state index in [4.69, 9.17) is 10.5 Å². The summed E-state index contributed by atoms with van der Waals surface area (Å²) in [4.78, 5) is 4.38. The van der Waals surface area contributed by atoms with Gasteiger partial charge in [-0.05, 0) is 37.1 Å². The Morgan fingerprint density at radius 1 is 1.42 bits per heavy atom. The van der Waals surface area contributed by atoms with Gasteiger partial charge in [0.05, 0.1) is 10.7 Å². The van der Waals surface area contributed by atoms with Crippen LogP contribution in [0.2, 0.25) is 0 Å². The van der Waals surface area contributed by atoms with E-state index in [1.54, 1.807) is 17.4 Å². The number of benzene rings is 1. The number of nitrogens with zero attached hydrogens (tertiary/aromatic N) is 1. The molecule has 0 aliphatic heterocycles. The van der Waals surface area contributed by atoms with Gasteiger partial charge in [0, 0.05) is 5.38 Å². The van der Waals surface area contributed by atoms with Crippen molar-refractivity contribution in [2.24, 2.45) is 5.73 Å². The Labute approximate surface area is 116 Å². The van der Waals surface area contributed by atoms with Crippen molar-refractivity contribution in [3.8, 4) is 5.75 Å². The number of hydrogen-bond donors (Lipinski definition) is 1. The van der Waals surface area contributed by atoms with Crippen LogP contribution >= 0.6 is 11.3 Å². The van der Waals surface area contributed by atoms with E-state index in [1.165, 1.54) is 6.07 Å². The van der Waals surface area contributed by atoms with Crippen molar-refractivity contribution < 1.29 is 9.13 Å². The molecule has 5 heteroatoms. The molecule has 0 amide bonds. The second-order valence-electron chi connectivity index (χ2n) is 4.18. The number of aromatic nitrogens is 1. The number of thiazole rings is 1. The van der Waals surface area contributed by atoms with Gasteiger partial charge in [0.2, 0.25) is 0 Å². The fraction of sp³-hybridized carbons (Fsp3) is 0.357. The Hall–Kier alpha value is -1.46. The summed E-state index contributed by atoms with van der Waals surface area (Å²) in [6.07, 6.45) is 1.58. The third-order valence-electron chi connectivity index (χ3n) is 2.71. The number of ether oxygens (including phenoxy) is 1. The minimum Gasteiger partial charge on any atom is -0.484 e. The van der Waals surface area contributed by atoms with Crippen LogP contribution in [-0.2, 0) is 19.4 Å². The molecular formula is C14H17FN2OS. The van der Waals surface area contributed by atoms with Gasteiger partial charge in [-0.25, -0.2) is 9.37 Å². The summed E-state index contributed by atoms with van der Waals surface area (Å²) in [5, 5.41) is 3.01. The second kappa shape index (κ2) is 6.63. The molecule has 3 nitrogen and oxygen atoms in total.